The van der Waals surface area contributed by atoms with Crippen LogP contribution in [0.3, 0.4) is 0 Å². The molecule has 1 heterocycles. The second-order valence-corrected chi connectivity index (χ2v) is 7.72. The van der Waals surface area contributed by atoms with Gasteiger partial charge in [0.2, 0.25) is 0 Å². The number of benzene rings is 1. The van der Waals surface area contributed by atoms with Gasteiger partial charge < -0.3 is 14.3 Å². The molecule has 0 aliphatic heterocycles. The Bertz CT molecular complexity index is 897. The molecule has 26 heavy (non-hydrogen) atoms. The van der Waals surface area contributed by atoms with E-state index in [1.54, 1.807) is 6.07 Å². The number of ether oxygens (including phenoxy) is 1. The van der Waals surface area contributed by atoms with Gasteiger partial charge in [0.25, 0.3) is 0 Å². The van der Waals surface area contributed by atoms with Crippen molar-refractivity contribution >= 4 is 16.9 Å². The van der Waals surface area contributed by atoms with Crippen molar-refractivity contribution in [3.63, 3.8) is 0 Å². The van der Waals surface area contributed by atoms with Crippen molar-refractivity contribution in [1.82, 2.24) is 0 Å². The summed E-state index contributed by atoms with van der Waals surface area (Å²) in [5, 5.41) is 10.7. The quantitative estimate of drug-likeness (QED) is 0.649. The molecular weight excluding hydrogens is 332 g/mol. The number of hydrogen-bond acceptors (Lipinski definition) is 5. The van der Waals surface area contributed by atoms with Crippen molar-refractivity contribution in [2.75, 3.05) is 0 Å². The van der Waals surface area contributed by atoms with Crippen LogP contribution in [0.5, 0.6) is 5.75 Å². The zero-order valence-corrected chi connectivity index (χ0v) is 15.0. The molecule has 2 saturated carbocycles. The number of fused-ring (bicyclic) bond motifs is 3. The maximum atomic E-state index is 12.3. The zero-order chi connectivity index (χ0) is 18.3. The van der Waals surface area contributed by atoms with Gasteiger partial charge in [-0.3, -0.25) is 4.79 Å². The Morgan fingerprint density at radius 1 is 1.23 bits per heavy atom. The van der Waals surface area contributed by atoms with Crippen molar-refractivity contribution in [2.24, 2.45) is 17.8 Å². The van der Waals surface area contributed by atoms with Crippen molar-refractivity contribution in [3.8, 4) is 5.75 Å². The average Bonchev–Trinajstić information content (AvgIpc) is 3.22. The van der Waals surface area contributed by atoms with Gasteiger partial charge in [0.05, 0.1) is 0 Å². The van der Waals surface area contributed by atoms with Gasteiger partial charge in [-0.05, 0) is 55.1 Å². The lowest BCUT2D eigenvalue weighted by atomic mass is 9.86. The van der Waals surface area contributed by atoms with Crippen LogP contribution in [-0.4, -0.2) is 11.1 Å². The summed E-state index contributed by atoms with van der Waals surface area (Å²) in [7, 11) is 0. The predicted molar refractivity (Wildman–Crippen MR) is 96.9 cm³/mol. The topological polar surface area (TPSA) is 76.7 Å². The first kappa shape index (κ1) is 17.1. The number of carbonyl (C=O) groups excluding carboxylic acids is 1. The molecular formula is C21H24O5. The Hall–Kier alpha value is -2.30. The molecule has 3 unspecified atom stereocenters. The monoisotopic (exact) mass is 356 g/mol. The average molecular weight is 356 g/mol. The van der Waals surface area contributed by atoms with Gasteiger partial charge in [0.1, 0.15) is 17.9 Å². The molecule has 5 heteroatoms. The SMILES string of the molecule is CCc1cc2c(COC(=O)CC3CC4CCC3C4)cc(=O)oc2cc1O. The van der Waals surface area contributed by atoms with E-state index >= 15 is 0 Å². The number of phenols is 1. The third-order valence-electron chi connectivity index (χ3n) is 6.11. The van der Waals surface area contributed by atoms with Crippen molar-refractivity contribution in [1.29, 1.82) is 0 Å². The highest BCUT2D eigenvalue weighted by molar-refractivity contribution is 5.83. The van der Waals surface area contributed by atoms with Crippen LogP contribution in [0.15, 0.2) is 27.4 Å². The Balaban J connectivity index is 1.49. The van der Waals surface area contributed by atoms with Gasteiger partial charge in [-0.15, -0.1) is 0 Å². The van der Waals surface area contributed by atoms with Gasteiger partial charge in [-0.25, -0.2) is 4.79 Å². The van der Waals surface area contributed by atoms with Gasteiger partial charge in [-0.2, -0.15) is 0 Å². The van der Waals surface area contributed by atoms with E-state index in [2.05, 4.69) is 0 Å². The smallest absolute Gasteiger partial charge is 0.336 e. The summed E-state index contributed by atoms with van der Waals surface area (Å²) in [6, 6.07) is 4.62. The first-order valence-electron chi connectivity index (χ1n) is 9.47. The molecule has 0 saturated heterocycles. The number of carbonyl (C=O) groups is 1. The third-order valence-corrected chi connectivity index (χ3v) is 6.11. The number of phenolic OH excluding ortho intramolecular Hbond substituents is 1. The van der Waals surface area contributed by atoms with Crippen LogP contribution in [0.1, 0.15) is 50.2 Å². The first-order valence-corrected chi connectivity index (χ1v) is 9.47. The molecule has 3 atom stereocenters. The predicted octanol–water partition coefficient (Wildman–Crippen LogP) is 3.93. The number of aryl methyl sites for hydroxylation is 1. The summed E-state index contributed by atoms with van der Waals surface area (Å²) >= 11 is 0. The summed E-state index contributed by atoms with van der Waals surface area (Å²) in [6.07, 6.45) is 6.11. The standard InChI is InChI=1S/C21H24O5/c1-2-13-7-17-16(9-21(24)26-19(17)10-18(13)22)11-25-20(23)8-15-6-12-3-4-14(15)5-12/h7,9-10,12,14-15,22H,2-6,8,11H2,1H3. The zero-order valence-electron chi connectivity index (χ0n) is 15.0. The second kappa shape index (κ2) is 6.78. The Labute approximate surface area is 152 Å². The van der Waals surface area contributed by atoms with Crippen LogP contribution in [-0.2, 0) is 22.6 Å². The van der Waals surface area contributed by atoms with E-state index in [0.29, 0.717) is 41.2 Å². The van der Waals surface area contributed by atoms with Crippen LogP contribution >= 0.6 is 0 Å². The number of hydrogen-bond donors (Lipinski definition) is 1. The summed E-state index contributed by atoms with van der Waals surface area (Å²) in [5.74, 6) is 1.86. The molecule has 1 aromatic heterocycles. The summed E-state index contributed by atoms with van der Waals surface area (Å²) in [4.78, 5) is 24.1. The molecule has 0 radical (unpaired) electrons. The molecule has 2 aliphatic rings. The number of esters is 1. The van der Waals surface area contributed by atoms with E-state index in [0.717, 1.165) is 17.9 Å². The highest BCUT2D eigenvalue weighted by atomic mass is 16.5. The molecule has 138 valence electrons. The molecule has 0 amide bonds. The second-order valence-electron chi connectivity index (χ2n) is 7.72. The van der Waals surface area contributed by atoms with E-state index in [1.165, 1.54) is 31.4 Å². The van der Waals surface area contributed by atoms with Gasteiger partial charge in [0.15, 0.2) is 0 Å². The maximum absolute atomic E-state index is 12.3. The van der Waals surface area contributed by atoms with Crippen LogP contribution in [0, 0.1) is 17.8 Å². The normalized spacial score (nSPS) is 24.3. The molecule has 1 aromatic carbocycles. The summed E-state index contributed by atoms with van der Waals surface area (Å²) < 4.78 is 10.7. The lowest BCUT2D eigenvalue weighted by Crippen LogP contribution is -2.17. The van der Waals surface area contributed by atoms with E-state index < -0.39 is 5.63 Å². The van der Waals surface area contributed by atoms with Crippen LogP contribution in [0.25, 0.3) is 11.0 Å². The Morgan fingerprint density at radius 3 is 2.77 bits per heavy atom. The first-order chi connectivity index (χ1) is 12.5. The number of rotatable bonds is 5. The molecule has 1 N–H and O–H groups in total. The Kier molecular flexibility index (Phi) is 4.47. The minimum Gasteiger partial charge on any atom is -0.508 e. The molecule has 2 aliphatic carbocycles. The molecule has 2 aromatic rings. The van der Waals surface area contributed by atoms with E-state index in [4.69, 9.17) is 9.15 Å². The highest BCUT2D eigenvalue weighted by Gasteiger charge is 2.40. The number of aromatic hydroxyl groups is 1. The molecule has 2 fully saturated rings. The van der Waals surface area contributed by atoms with Gasteiger partial charge in [-0.1, -0.05) is 13.3 Å². The van der Waals surface area contributed by atoms with Gasteiger partial charge >= 0.3 is 11.6 Å². The van der Waals surface area contributed by atoms with Crippen molar-refractivity contribution in [2.45, 2.75) is 52.1 Å². The Morgan fingerprint density at radius 2 is 2.08 bits per heavy atom. The van der Waals surface area contributed by atoms with Crippen LogP contribution < -0.4 is 5.63 Å². The lowest BCUT2D eigenvalue weighted by Gasteiger charge is -2.20. The van der Waals surface area contributed by atoms with Crippen molar-refractivity contribution in [3.05, 3.63) is 39.7 Å². The van der Waals surface area contributed by atoms with Crippen molar-refractivity contribution < 1.29 is 19.1 Å². The fraction of sp³-hybridized carbons (Fsp3) is 0.524. The van der Waals surface area contributed by atoms with E-state index in [9.17, 15) is 14.7 Å². The largest absolute Gasteiger partial charge is 0.508 e. The molecule has 0 spiro atoms. The summed E-state index contributed by atoms with van der Waals surface area (Å²) in [6.45, 7) is 1.99. The maximum Gasteiger partial charge on any atom is 0.336 e. The molecule has 5 nitrogen and oxygen atoms in total. The molecule has 2 bridgehead atoms. The van der Waals surface area contributed by atoms with E-state index in [1.807, 2.05) is 6.92 Å². The van der Waals surface area contributed by atoms with Crippen LogP contribution in [0.2, 0.25) is 0 Å². The third kappa shape index (κ3) is 3.22. The fourth-order valence-electron chi connectivity index (χ4n) is 4.77. The minimum atomic E-state index is -0.514. The highest BCUT2D eigenvalue weighted by Crippen LogP contribution is 2.49. The summed E-state index contributed by atoms with van der Waals surface area (Å²) in [5.41, 5.74) is 1.18. The van der Waals surface area contributed by atoms with E-state index in [-0.39, 0.29) is 18.3 Å². The van der Waals surface area contributed by atoms with Crippen LogP contribution in [0.4, 0.5) is 0 Å². The van der Waals surface area contributed by atoms with Gasteiger partial charge in [0, 0.05) is 29.5 Å². The fourth-order valence-corrected chi connectivity index (χ4v) is 4.77. The molecule has 4 rings (SSSR count). The lowest BCUT2D eigenvalue weighted by molar-refractivity contribution is -0.146. The minimum absolute atomic E-state index is 0.0513.